The molecule has 0 aliphatic carbocycles. The Kier molecular flexibility index (Phi) is 6.50. The lowest BCUT2D eigenvalue weighted by atomic mass is 10.0. The third-order valence-electron chi connectivity index (χ3n) is 4.64. The first kappa shape index (κ1) is 19.7. The molecule has 3 aromatic carbocycles. The molecule has 0 spiro atoms. The minimum atomic E-state index is -0.610. The zero-order valence-electron chi connectivity index (χ0n) is 15.7. The van der Waals surface area contributed by atoms with E-state index < -0.39 is 11.6 Å². The number of halogens is 2. The number of hydrogen-bond donors (Lipinski definition) is 2. The molecule has 28 heavy (non-hydrogen) atoms. The summed E-state index contributed by atoms with van der Waals surface area (Å²) < 4.78 is 26.9. The summed E-state index contributed by atoms with van der Waals surface area (Å²) in [4.78, 5) is 12.4. The summed E-state index contributed by atoms with van der Waals surface area (Å²) in [6, 6.07) is 20.9. The second-order valence-electron chi connectivity index (χ2n) is 6.76. The van der Waals surface area contributed by atoms with E-state index in [0.717, 1.165) is 29.3 Å². The fraction of sp³-hybridized carbons (Fsp3) is 0.174. The number of nitrogens with two attached hydrogens (primary N) is 1. The van der Waals surface area contributed by atoms with Gasteiger partial charge in [-0.25, -0.2) is 8.78 Å². The van der Waals surface area contributed by atoms with Crippen LogP contribution in [0.5, 0.6) is 0 Å². The van der Waals surface area contributed by atoms with Crippen molar-refractivity contribution in [3.63, 3.8) is 0 Å². The number of carbonyl (C=O) groups excluding carboxylic acids is 1. The minimum Gasteiger partial charge on any atom is -0.332 e. The van der Waals surface area contributed by atoms with Crippen LogP contribution in [0.4, 0.5) is 14.5 Å². The van der Waals surface area contributed by atoms with Crippen LogP contribution in [0.25, 0.3) is 0 Å². The van der Waals surface area contributed by atoms with Gasteiger partial charge in [-0.1, -0.05) is 48.5 Å². The molecule has 1 amide bonds. The number of rotatable bonds is 7. The molecular formula is C23H23F2N2O+. The highest BCUT2D eigenvalue weighted by molar-refractivity contribution is 5.92. The molecule has 5 heteroatoms. The Bertz CT molecular complexity index is 944. The first-order valence-electron chi connectivity index (χ1n) is 9.23. The van der Waals surface area contributed by atoms with Crippen LogP contribution >= 0.6 is 0 Å². The van der Waals surface area contributed by atoms with E-state index in [2.05, 4.69) is 5.32 Å². The largest absolute Gasteiger partial charge is 0.332 e. The van der Waals surface area contributed by atoms with Gasteiger partial charge in [0.15, 0.2) is 6.54 Å². The van der Waals surface area contributed by atoms with E-state index in [-0.39, 0.29) is 18.5 Å². The molecule has 0 aliphatic rings. The molecule has 0 unspecified atom stereocenters. The lowest BCUT2D eigenvalue weighted by Crippen LogP contribution is -2.86. The average molecular weight is 381 g/mol. The molecule has 0 fully saturated rings. The predicted molar refractivity (Wildman–Crippen MR) is 106 cm³/mol. The van der Waals surface area contributed by atoms with E-state index in [4.69, 9.17) is 0 Å². The van der Waals surface area contributed by atoms with Crippen molar-refractivity contribution in [3.8, 4) is 0 Å². The van der Waals surface area contributed by atoms with Crippen molar-refractivity contribution in [2.75, 3.05) is 11.9 Å². The van der Waals surface area contributed by atoms with Gasteiger partial charge in [0, 0.05) is 17.3 Å². The van der Waals surface area contributed by atoms with Crippen molar-refractivity contribution in [3.05, 3.63) is 101 Å². The Labute approximate surface area is 163 Å². The molecule has 0 radical (unpaired) electrons. The van der Waals surface area contributed by atoms with E-state index in [1.807, 2.05) is 54.6 Å². The van der Waals surface area contributed by atoms with Gasteiger partial charge in [0.25, 0.3) is 5.91 Å². The fourth-order valence-electron chi connectivity index (χ4n) is 3.09. The van der Waals surface area contributed by atoms with Gasteiger partial charge >= 0.3 is 0 Å². The maximum atomic E-state index is 13.9. The smallest absolute Gasteiger partial charge is 0.279 e. The van der Waals surface area contributed by atoms with E-state index in [1.165, 1.54) is 12.1 Å². The summed E-state index contributed by atoms with van der Waals surface area (Å²) in [6.45, 7) is 1.92. The molecule has 0 aromatic heterocycles. The lowest BCUT2D eigenvalue weighted by molar-refractivity contribution is -0.682. The Morgan fingerprint density at radius 2 is 1.71 bits per heavy atom. The number of nitrogens with one attached hydrogen (secondary N) is 1. The first-order chi connectivity index (χ1) is 13.5. The van der Waals surface area contributed by atoms with Crippen LogP contribution in [0, 0.1) is 11.6 Å². The van der Waals surface area contributed by atoms with Gasteiger partial charge in [-0.3, -0.25) is 4.79 Å². The molecule has 144 valence electrons. The van der Waals surface area contributed by atoms with Crippen molar-refractivity contribution in [1.29, 1.82) is 0 Å². The predicted octanol–water partition coefficient (Wildman–Crippen LogP) is 3.82. The quantitative estimate of drug-likeness (QED) is 0.642. The molecule has 3 rings (SSSR count). The fourth-order valence-corrected chi connectivity index (χ4v) is 3.09. The molecule has 3 N–H and O–H groups in total. The van der Waals surface area contributed by atoms with Crippen LogP contribution in [-0.2, 0) is 11.2 Å². The summed E-state index contributed by atoms with van der Waals surface area (Å²) in [6.07, 6.45) is 0.720. The molecule has 1 atom stereocenters. The summed E-state index contributed by atoms with van der Waals surface area (Å²) in [5, 5.41) is 4.67. The first-order valence-corrected chi connectivity index (χ1v) is 9.23. The van der Waals surface area contributed by atoms with Gasteiger partial charge in [0.05, 0.1) is 0 Å². The monoisotopic (exact) mass is 381 g/mol. The summed E-state index contributed by atoms with van der Waals surface area (Å²) >= 11 is 0. The number of anilines is 1. The molecule has 0 saturated carbocycles. The van der Waals surface area contributed by atoms with Gasteiger partial charge in [0.2, 0.25) is 0 Å². The van der Waals surface area contributed by atoms with Crippen LogP contribution in [0.1, 0.15) is 29.7 Å². The zero-order chi connectivity index (χ0) is 19.9. The Morgan fingerprint density at radius 3 is 2.46 bits per heavy atom. The standard InChI is InChI=1S/C23H22F2N2O/c1-16(20-12-11-19(24)14-21(20)25)26-15-23(28)27-22-10-6-5-9-18(22)13-17-7-3-2-4-8-17/h2-12,14,16,26H,13,15H2,1H3,(H,27,28)/p+1/t16-/m0/s1. The topological polar surface area (TPSA) is 45.7 Å². The molecular weight excluding hydrogens is 358 g/mol. The molecule has 0 bridgehead atoms. The van der Waals surface area contributed by atoms with Crippen molar-refractivity contribution in [2.45, 2.75) is 19.4 Å². The van der Waals surface area contributed by atoms with Crippen molar-refractivity contribution in [1.82, 2.24) is 0 Å². The highest BCUT2D eigenvalue weighted by atomic mass is 19.1. The Hall–Kier alpha value is -3.05. The van der Waals surface area contributed by atoms with Crippen LogP contribution in [-0.4, -0.2) is 12.5 Å². The second kappa shape index (κ2) is 9.24. The van der Waals surface area contributed by atoms with Crippen molar-refractivity contribution < 1.29 is 18.9 Å². The van der Waals surface area contributed by atoms with Gasteiger partial charge in [0.1, 0.15) is 17.7 Å². The van der Waals surface area contributed by atoms with E-state index in [1.54, 1.807) is 12.2 Å². The molecule has 3 nitrogen and oxygen atoms in total. The van der Waals surface area contributed by atoms with Crippen LogP contribution in [0.15, 0.2) is 72.8 Å². The second-order valence-corrected chi connectivity index (χ2v) is 6.76. The number of quaternary nitrogens is 1. The van der Waals surface area contributed by atoms with Gasteiger partial charge in [-0.2, -0.15) is 0 Å². The Balaban J connectivity index is 1.60. The number of carbonyl (C=O) groups is 1. The molecule has 0 saturated heterocycles. The van der Waals surface area contributed by atoms with Crippen LogP contribution in [0.3, 0.4) is 0 Å². The number of amides is 1. The van der Waals surface area contributed by atoms with Gasteiger partial charge in [-0.05, 0) is 42.7 Å². The lowest BCUT2D eigenvalue weighted by Gasteiger charge is -2.14. The van der Waals surface area contributed by atoms with Crippen LogP contribution < -0.4 is 10.6 Å². The molecule has 3 aromatic rings. The van der Waals surface area contributed by atoms with Crippen molar-refractivity contribution in [2.24, 2.45) is 0 Å². The molecule has 0 aliphatic heterocycles. The molecule has 0 heterocycles. The normalized spacial score (nSPS) is 11.8. The number of para-hydroxylation sites is 1. The summed E-state index contributed by atoms with van der Waals surface area (Å²) in [7, 11) is 0. The zero-order valence-corrected chi connectivity index (χ0v) is 15.7. The Morgan fingerprint density at radius 1 is 1.00 bits per heavy atom. The van der Waals surface area contributed by atoms with E-state index in [9.17, 15) is 13.6 Å². The summed E-state index contributed by atoms with van der Waals surface area (Å²) in [5.41, 5.74) is 3.33. The minimum absolute atomic E-state index is 0.137. The summed E-state index contributed by atoms with van der Waals surface area (Å²) in [5.74, 6) is -1.38. The SMILES string of the molecule is C[C@H]([NH2+]CC(=O)Nc1ccccc1Cc1ccccc1)c1ccc(F)cc1F. The number of hydrogen-bond acceptors (Lipinski definition) is 1. The highest BCUT2D eigenvalue weighted by Gasteiger charge is 2.16. The number of benzene rings is 3. The third kappa shape index (κ3) is 5.24. The van der Waals surface area contributed by atoms with Gasteiger partial charge in [-0.15, -0.1) is 0 Å². The van der Waals surface area contributed by atoms with E-state index >= 15 is 0 Å². The van der Waals surface area contributed by atoms with Crippen LogP contribution in [0.2, 0.25) is 0 Å². The van der Waals surface area contributed by atoms with Gasteiger partial charge < -0.3 is 10.6 Å². The maximum absolute atomic E-state index is 13.9. The third-order valence-corrected chi connectivity index (χ3v) is 4.64. The van der Waals surface area contributed by atoms with Crippen molar-refractivity contribution >= 4 is 11.6 Å². The highest BCUT2D eigenvalue weighted by Crippen LogP contribution is 2.19. The average Bonchev–Trinajstić information content (AvgIpc) is 2.68. The maximum Gasteiger partial charge on any atom is 0.279 e. The van der Waals surface area contributed by atoms with E-state index in [0.29, 0.717) is 5.56 Å².